The van der Waals surface area contributed by atoms with E-state index in [9.17, 15) is 18.8 Å². The Morgan fingerprint density at radius 2 is 1.83 bits per heavy atom. The molecule has 0 aliphatic rings. The molecule has 0 bridgehead atoms. The maximum absolute atomic E-state index is 13.3. The number of rotatable bonds is 6. The third-order valence-corrected chi connectivity index (χ3v) is 2.83. The Bertz CT molecular complexity index is 578. The van der Waals surface area contributed by atoms with Gasteiger partial charge >= 0.3 is 0 Å². The van der Waals surface area contributed by atoms with Crippen LogP contribution in [0.2, 0.25) is 0 Å². The molecule has 0 aliphatic carbocycles. The van der Waals surface area contributed by atoms with Gasteiger partial charge in [0.05, 0.1) is 0 Å². The predicted molar refractivity (Wildman–Crippen MR) is 80.6 cm³/mol. The zero-order chi connectivity index (χ0) is 17.4. The summed E-state index contributed by atoms with van der Waals surface area (Å²) >= 11 is 0. The highest BCUT2D eigenvalue weighted by Crippen LogP contribution is 2.14. The van der Waals surface area contributed by atoms with E-state index < -0.39 is 30.3 Å². The number of amides is 3. The van der Waals surface area contributed by atoms with E-state index in [2.05, 4.69) is 16.2 Å². The van der Waals surface area contributed by atoms with E-state index in [1.807, 2.05) is 0 Å². The summed E-state index contributed by atoms with van der Waals surface area (Å²) in [6.45, 7) is 4.34. The highest BCUT2D eigenvalue weighted by atomic mass is 19.1. The van der Waals surface area contributed by atoms with Gasteiger partial charge in [0.15, 0.2) is 18.2 Å². The molecule has 3 N–H and O–H groups in total. The van der Waals surface area contributed by atoms with Crippen molar-refractivity contribution in [1.29, 1.82) is 0 Å². The lowest BCUT2D eigenvalue weighted by Gasteiger charge is -2.21. The van der Waals surface area contributed by atoms with Crippen molar-refractivity contribution in [2.75, 3.05) is 6.61 Å². The molecule has 0 saturated heterocycles. The number of para-hydroxylation sites is 1. The van der Waals surface area contributed by atoms with Gasteiger partial charge in [0.2, 0.25) is 5.91 Å². The SMILES string of the molecule is CC(=O)N[C@@H](C(=O)NNC(=O)COc1ccccc1F)C(C)C. The number of hydrogen-bond donors (Lipinski definition) is 3. The largest absolute Gasteiger partial charge is 0.481 e. The Balaban J connectivity index is 2.44. The molecule has 23 heavy (non-hydrogen) atoms. The maximum atomic E-state index is 13.3. The number of carbonyl (C=O) groups excluding carboxylic acids is 3. The van der Waals surface area contributed by atoms with Crippen molar-refractivity contribution in [1.82, 2.24) is 16.2 Å². The van der Waals surface area contributed by atoms with Crippen LogP contribution in [-0.4, -0.2) is 30.4 Å². The minimum absolute atomic E-state index is 0.0627. The average Bonchev–Trinajstić information content (AvgIpc) is 2.49. The highest BCUT2D eigenvalue weighted by molar-refractivity contribution is 5.89. The van der Waals surface area contributed by atoms with Crippen LogP contribution < -0.4 is 20.9 Å². The Morgan fingerprint density at radius 3 is 2.39 bits per heavy atom. The van der Waals surface area contributed by atoms with Crippen LogP contribution in [0.15, 0.2) is 24.3 Å². The molecular weight excluding hydrogens is 305 g/mol. The van der Waals surface area contributed by atoms with Crippen molar-refractivity contribution in [3.8, 4) is 5.75 Å². The standard InChI is InChI=1S/C15H20FN3O4/c1-9(2)14(17-10(3)20)15(22)19-18-13(21)8-23-12-7-5-4-6-11(12)16/h4-7,9,14H,8H2,1-3H3,(H,17,20)(H,18,21)(H,19,22)/t14-/m1/s1. The van der Waals surface area contributed by atoms with Crippen LogP contribution in [0.25, 0.3) is 0 Å². The first-order chi connectivity index (χ1) is 10.8. The lowest BCUT2D eigenvalue weighted by Crippen LogP contribution is -2.54. The zero-order valence-corrected chi connectivity index (χ0v) is 13.2. The number of nitrogens with one attached hydrogen (secondary N) is 3. The fourth-order valence-corrected chi connectivity index (χ4v) is 1.70. The molecule has 1 atom stereocenters. The highest BCUT2D eigenvalue weighted by Gasteiger charge is 2.23. The number of hydrogen-bond acceptors (Lipinski definition) is 4. The van der Waals surface area contributed by atoms with Crippen LogP contribution in [-0.2, 0) is 14.4 Å². The van der Waals surface area contributed by atoms with Gasteiger partial charge in [-0.05, 0) is 18.1 Å². The Kier molecular flexibility index (Phi) is 6.98. The molecule has 1 rings (SSSR count). The predicted octanol–water partition coefficient (Wildman–Crippen LogP) is 0.513. The topological polar surface area (TPSA) is 96.5 Å². The summed E-state index contributed by atoms with van der Waals surface area (Å²) in [5.74, 6) is -2.39. The first kappa shape index (κ1) is 18.4. The van der Waals surface area contributed by atoms with Crippen LogP contribution in [0.1, 0.15) is 20.8 Å². The molecule has 0 radical (unpaired) electrons. The second-order valence-electron chi connectivity index (χ2n) is 5.18. The quantitative estimate of drug-likeness (QED) is 0.664. The van der Waals surface area contributed by atoms with Crippen molar-refractivity contribution >= 4 is 17.7 Å². The summed E-state index contributed by atoms with van der Waals surface area (Å²) in [5, 5.41) is 2.49. The normalized spacial score (nSPS) is 11.5. The van der Waals surface area contributed by atoms with Gasteiger partial charge in [-0.25, -0.2) is 4.39 Å². The van der Waals surface area contributed by atoms with Crippen molar-refractivity contribution < 1.29 is 23.5 Å². The Hall–Kier alpha value is -2.64. The van der Waals surface area contributed by atoms with Gasteiger partial charge in [-0.2, -0.15) is 0 Å². The van der Waals surface area contributed by atoms with E-state index in [4.69, 9.17) is 4.74 Å². The molecule has 0 aliphatic heterocycles. The van der Waals surface area contributed by atoms with Crippen LogP contribution in [0.4, 0.5) is 4.39 Å². The summed E-state index contributed by atoms with van der Waals surface area (Å²) in [6, 6.07) is 4.87. The molecule has 126 valence electrons. The number of benzene rings is 1. The Labute approximate surface area is 133 Å². The fraction of sp³-hybridized carbons (Fsp3) is 0.400. The molecule has 0 spiro atoms. The van der Waals surface area contributed by atoms with Crippen molar-refractivity contribution in [3.05, 3.63) is 30.1 Å². The maximum Gasteiger partial charge on any atom is 0.276 e. The summed E-state index contributed by atoms with van der Waals surface area (Å²) in [7, 11) is 0. The number of carbonyl (C=O) groups is 3. The van der Waals surface area contributed by atoms with Crippen LogP contribution in [0.3, 0.4) is 0 Å². The third kappa shape index (κ3) is 6.33. The van der Waals surface area contributed by atoms with Gasteiger partial charge in [-0.1, -0.05) is 26.0 Å². The van der Waals surface area contributed by atoms with E-state index in [-0.39, 0.29) is 17.6 Å². The van der Waals surface area contributed by atoms with Crippen LogP contribution >= 0.6 is 0 Å². The first-order valence-electron chi connectivity index (χ1n) is 7.04. The van der Waals surface area contributed by atoms with Crippen LogP contribution in [0, 0.1) is 11.7 Å². The van der Waals surface area contributed by atoms with Gasteiger partial charge < -0.3 is 10.1 Å². The Morgan fingerprint density at radius 1 is 1.17 bits per heavy atom. The van der Waals surface area contributed by atoms with Crippen LogP contribution in [0.5, 0.6) is 5.75 Å². The zero-order valence-electron chi connectivity index (χ0n) is 13.2. The van der Waals surface area contributed by atoms with E-state index >= 15 is 0 Å². The van der Waals surface area contributed by atoms with Gasteiger partial charge in [-0.15, -0.1) is 0 Å². The van der Waals surface area contributed by atoms with Crippen molar-refractivity contribution in [2.45, 2.75) is 26.8 Å². The molecular formula is C15H20FN3O4. The molecule has 8 heteroatoms. The average molecular weight is 325 g/mol. The molecule has 1 aromatic carbocycles. The number of hydrazine groups is 1. The summed E-state index contributed by atoms with van der Waals surface area (Å²) in [4.78, 5) is 34.6. The smallest absolute Gasteiger partial charge is 0.276 e. The minimum Gasteiger partial charge on any atom is -0.481 e. The lowest BCUT2D eigenvalue weighted by molar-refractivity contribution is -0.133. The van der Waals surface area contributed by atoms with E-state index in [0.29, 0.717) is 0 Å². The van der Waals surface area contributed by atoms with Crippen molar-refractivity contribution in [2.24, 2.45) is 5.92 Å². The fourth-order valence-electron chi connectivity index (χ4n) is 1.70. The monoisotopic (exact) mass is 325 g/mol. The lowest BCUT2D eigenvalue weighted by atomic mass is 10.0. The molecule has 7 nitrogen and oxygen atoms in total. The number of halogens is 1. The minimum atomic E-state index is -0.778. The first-order valence-corrected chi connectivity index (χ1v) is 7.04. The molecule has 1 aromatic rings. The van der Waals surface area contributed by atoms with Gasteiger partial charge in [0.25, 0.3) is 11.8 Å². The molecule has 0 fully saturated rings. The number of ether oxygens (including phenoxy) is 1. The van der Waals surface area contributed by atoms with Gasteiger partial charge in [0, 0.05) is 6.92 Å². The van der Waals surface area contributed by atoms with Crippen molar-refractivity contribution in [3.63, 3.8) is 0 Å². The summed E-state index contributed by atoms with van der Waals surface area (Å²) in [6.07, 6.45) is 0. The summed E-state index contributed by atoms with van der Waals surface area (Å²) in [5.41, 5.74) is 4.34. The second kappa shape index (κ2) is 8.72. The molecule has 0 unspecified atom stereocenters. The summed E-state index contributed by atoms with van der Waals surface area (Å²) < 4.78 is 18.3. The second-order valence-corrected chi connectivity index (χ2v) is 5.18. The molecule has 3 amide bonds. The molecule has 0 aromatic heterocycles. The van der Waals surface area contributed by atoms with Gasteiger partial charge in [0.1, 0.15) is 6.04 Å². The third-order valence-electron chi connectivity index (χ3n) is 2.83. The van der Waals surface area contributed by atoms with E-state index in [0.717, 1.165) is 0 Å². The van der Waals surface area contributed by atoms with E-state index in [1.54, 1.807) is 19.9 Å². The van der Waals surface area contributed by atoms with E-state index in [1.165, 1.54) is 25.1 Å². The molecule has 0 heterocycles. The van der Waals surface area contributed by atoms with Gasteiger partial charge in [-0.3, -0.25) is 25.2 Å². The molecule has 0 saturated carbocycles.